The molecule has 2 aliphatic carbocycles. The number of aryl methyl sites for hydroxylation is 1. The van der Waals surface area contributed by atoms with Crippen molar-refractivity contribution in [3.63, 3.8) is 0 Å². The summed E-state index contributed by atoms with van der Waals surface area (Å²) < 4.78 is 22.5. The lowest BCUT2D eigenvalue weighted by atomic mass is 9.41. The normalized spacial score (nSPS) is 42.9. The molecule has 2 saturated carbocycles. The standard InChI is InChI=1S/C24H34O8/c1-14-20(28)21(32-16(3)26)23(12-30-15(2)25)18(5-6-19(27)24(23)13-31-24)22(14,4)9-7-17-8-10-29-11-17/h8,10-11,14,18-21,27-28H,5-7,9,12-13H2,1-4H3. The van der Waals surface area contributed by atoms with Crippen LogP contribution in [-0.4, -0.2) is 59.3 Å². The van der Waals surface area contributed by atoms with Crippen molar-refractivity contribution in [2.45, 2.75) is 77.3 Å². The van der Waals surface area contributed by atoms with E-state index in [0.717, 1.165) is 18.4 Å². The van der Waals surface area contributed by atoms with Crippen LogP contribution in [0.15, 0.2) is 23.0 Å². The Morgan fingerprint density at radius 2 is 1.94 bits per heavy atom. The van der Waals surface area contributed by atoms with E-state index in [1.54, 1.807) is 12.5 Å². The Hall–Kier alpha value is -1.90. The Morgan fingerprint density at radius 3 is 2.50 bits per heavy atom. The van der Waals surface area contributed by atoms with Gasteiger partial charge in [-0.05, 0) is 54.6 Å². The van der Waals surface area contributed by atoms with Gasteiger partial charge in [-0.15, -0.1) is 0 Å². The highest BCUT2D eigenvalue weighted by atomic mass is 16.6. The van der Waals surface area contributed by atoms with Gasteiger partial charge in [0.05, 0.1) is 36.8 Å². The minimum absolute atomic E-state index is 0.0902. The molecule has 2 N–H and O–H groups in total. The second kappa shape index (κ2) is 8.15. The molecule has 1 spiro atoms. The minimum Gasteiger partial charge on any atom is -0.472 e. The zero-order valence-electron chi connectivity index (χ0n) is 19.2. The summed E-state index contributed by atoms with van der Waals surface area (Å²) in [5.74, 6) is -1.32. The van der Waals surface area contributed by atoms with Crippen LogP contribution in [0, 0.1) is 22.7 Å². The van der Waals surface area contributed by atoms with E-state index in [2.05, 4.69) is 6.92 Å². The Kier molecular flexibility index (Phi) is 5.92. The van der Waals surface area contributed by atoms with Gasteiger partial charge >= 0.3 is 11.9 Å². The first-order valence-electron chi connectivity index (χ1n) is 11.4. The predicted molar refractivity (Wildman–Crippen MR) is 112 cm³/mol. The van der Waals surface area contributed by atoms with Crippen molar-refractivity contribution >= 4 is 11.9 Å². The number of hydrogen-bond acceptors (Lipinski definition) is 8. The Balaban J connectivity index is 1.82. The smallest absolute Gasteiger partial charge is 0.303 e. The molecular formula is C24H34O8. The van der Waals surface area contributed by atoms with Crippen LogP contribution in [-0.2, 0) is 30.2 Å². The summed E-state index contributed by atoms with van der Waals surface area (Å²) in [6.45, 7) is 6.93. The maximum absolute atomic E-state index is 12.1. The fourth-order valence-electron chi connectivity index (χ4n) is 6.72. The number of carbonyl (C=O) groups excluding carboxylic acids is 2. The van der Waals surface area contributed by atoms with Crippen molar-refractivity contribution in [3.8, 4) is 0 Å². The Labute approximate surface area is 188 Å². The summed E-state index contributed by atoms with van der Waals surface area (Å²) in [5, 5.41) is 22.5. The van der Waals surface area contributed by atoms with E-state index >= 15 is 0 Å². The van der Waals surface area contributed by atoms with Gasteiger partial charge in [0.2, 0.25) is 0 Å². The maximum Gasteiger partial charge on any atom is 0.303 e. The van der Waals surface area contributed by atoms with Crippen LogP contribution < -0.4 is 0 Å². The van der Waals surface area contributed by atoms with Crippen molar-refractivity contribution in [1.29, 1.82) is 0 Å². The summed E-state index contributed by atoms with van der Waals surface area (Å²) in [6.07, 6.45) is 3.26. The SMILES string of the molecule is CC(=O)OCC12C(OC(C)=O)C(O)C(C)C(C)(CCc3ccoc3)C1CCC(O)C21CO1. The first-order chi connectivity index (χ1) is 15.1. The van der Waals surface area contributed by atoms with E-state index in [4.69, 9.17) is 18.6 Å². The molecular weight excluding hydrogens is 416 g/mol. The molecule has 3 fully saturated rings. The number of ether oxygens (including phenoxy) is 3. The first kappa shape index (κ1) is 23.3. The molecule has 4 rings (SSSR count). The molecule has 0 radical (unpaired) electrons. The van der Waals surface area contributed by atoms with E-state index in [0.29, 0.717) is 12.8 Å². The van der Waals surface area contributed by atoms with Crippen molar-refractivity contribution in [3.05, 3.63) is 24.2 Å². The lowest BCUT2D eigenvalue weighted by Crippen LogP contribution is -2.74. The summed E-state index contributed by atoms with van der Waals surface area (Å²) in [7, 11) is 0. The molecule has 8 heteroatoms. The Bertz CT molecular complexity index is 846. The summed E-state index contributed by atoms with van der Waals surface area (Å²) >= 11 is 0. The quantitative estimate of drug-likeness (QED) is 0.500. The van der Waals surface area contributed by atoms with E-state index in [1.807, 2.05) is 13.0 Å². The van der Waals surface area contributed by atoms with Crippen molar-refractivity contribution < 1.29 is 38.4 Å². The fraction of sp³-hybridized carbons (Fsp3) is 0.750. The van der Waals surface area contributed by atoms with Gasteiger partial charge in [0.1, 0.15) is 18.3 Å². The molecule has 8 nitrogen and oxygen atoms in total. The summed E-state index contributed by atoms with van der Waals surface area (Å²) in [6, 6.07) is 1.93. The van der Waals surface area contributed by atoms with Gasteiger partial charge in [0.15, 0.2) is 0 Å². The number of aliphatic hydroxyl groups excluding tert-OH is 2. The number of carbonyl (C=O) groups is 2. The molecule has 8 atom stereocenters. The average molecular weight is 451 g/mol. The molecule has 1 aromatic heterocycles. The summed E-state index contributed by atoms with van der Waals surface area (Å²) in [4.78, 5) is 24.0. The lowest BCUT2D eigenvalue weighted by molar-refractivity contribution is -0.276. The van der Waals surface area contributed by atoms with Gasteiger partial charge in [0, 0.05) is 13.8 Å². The second-order valence-electron chi connectivity index (χ2n) is 10.1. The third kappa shape index (κ3) is 3.38. The minimum atomic E-state index is -1.06. The van der Waals surface area contributed by atoms with Crippen molar-refractivity contribution in [2.24, 2.45) is 22.7 Å². The molecule has 1 aliphatic heterocycles. The zero-order valence-corrected chi connectivity index (χ0v) is 19.2. The molecule has 8 unspecified atom stereocenters. The van der Waals surface area contributed by atoms with Gasteiger partial charge in [-0.2, -0.15) is 0 Å². The first-order valence-corrected chi connectivity index (χ1v) is 11.4. The highest BCUT2D eigenvalue weighted by molar-refractivity contribution is 5.67. The topological polar surface area (TPSA) is 119 Å². The summed E-state index contributed by atoms with van der Waals surface area (Å²) in [5.41, 5.74) is -1.41. The predicted octanol–water partition coefficient (Wildman–Crippen LogP) is 2.25. The molecule has 178 valence electrons. The maximum atomic E-state index is 12.1. The monoisotopic (exact) mass is 450 g/mol. The molecule has 3 aliphatic rings. The second-order valence-corrected chi connectivity index (χ2v) is 10.1. The number of esters is 2. The van der Waals surface area contributed by atoms with Crippen molar-refractivity contribution in [2.75, 3.05) is 13.2 Å². The molecule has 2 heterocycles. The zero-order chi connectivity index (χ0) is 23.3. The molecule has 1 aromatic rings. The van der Waals surface area contributed by atoms with Gasteiger partial charge in [-0.1, -0.05) is 13.8 Å². The van der Waals surface area contributed by atoms with Crippen LogP contribution >= 0.6 is 0 Å². The fourth-order valence-corrected chi connectivity index (χ4v) is 6.72. The van der Waals surface area contributed by atoms with Crippen LogP contribution in [0.4, 0.5) is 0 Å². The highest BCUT2D eigenvalue weighted by Gasteiger charge is 2.79. The molecule has 32 heavy (non-hydrogen) atoms. The van der Waals surface area contributed by atoms with Crippen LogP contribution in [0.3, 0.4) is 0 Å². The lowest BCUT2D eigenvalue weighted by Gasteiger charge is -2.65. The number of epoxide rings is 1. The van der Waals surface area contributed by atoms with E-state index in [-0.39, 0.29) is 25.0 Å². The van der Waals surface area contributed by atoms with Gasteiger partial charge in [-0.25, -0.2) is 0 Å². The van der Waals surface area contributed by atoms with Crippen molar-refractivity contribution in [1.82, 2.24) is 0 Å². The van der Waals surface area contributed by atoms with Crippen LogP contribution in [0.1, 0.15) is 52.5 Å². The average Bonchev–Trinajstić information content (AvgIpc) is 3.37. The molecule has 0 aromatic carbocycles. The Morgan fingerprint density at radius 1 is 1.22 bits per heavy atom. The molecule has 0 bridgehead atoms. The third-order valence-electron chi connectivity index (χ3n) is 8.64. The van der Waals surface area contributed by atoms with E-state index in [1.165, 1.54) is 13.8 Å². The van der Waals surface area contributed by atoms with E-state index < -0.39 is 46.7 Å². The van der Waals surface area contributed by atoms with Crippen LogP contribution in [0.5, 0.6) is 0 Å². The van der Waals surface area contributed by atoms with Gasteiger partial charge < -0.3 is 28.8 Å². The number of rotatable bonds is 6. The number of fused-ring (bicyclic) bond motifs is 2. The van der Waals surface area contributed by atoms with Crippen LogP contribution in [0.25, 0.3) is 0 Å². The molecule has 0 amide bonds. The van der Waals surface area contributed by atoms with Gasteiger partial charge in [-0.3, -0.25) is 9.59 Å². The molecule has 1 saturated heterocycles. The largest absolute Gasteiger partial charge is 0.472 e. The number of aliphatic hydroxyl groups is 2. The third-order valence-corrected chi connectivity index (χ3v) is 8.64. The highest BCUT2D eigenvalue weighted by Crippen LogP contribution is 2.69. The number of furan rings is 1. The van der Waals surface area contributed by atoms with E-state index in [9.17, 15) is 19.8 Å². The number of hydrogen-bond donors (Lipinski definition) is 2. The van der Waals surface area contributed by atoms with Crippen LogP contribution in [0.2, 0.25) is 0 Å². The van der Waals surface area contributed by atoms with Gasteiger partial charge in [0.25, 0.3) is 0 Å².